The summed E-state index contributed by atoms with van der Waals surface area (Å²) < 4.78 is 17.2. The van der Waals surface area contributed by atoms with Crippen molar-refractivity contribution in [2.75, 3.05) is 13.3 Å². The topological polar surface area (TPSA) is 9.23 Å². The molecule has 2 rings (SSSR count). The zero-order valence-corrected chi connectivity index (χ0v) is 10.6. The van der Waals surface area contributed by atoms with Crippen molar-refractivity contribution in [3.8, 4) is 5.75 Å². The Morgan fingerprint density at radius 1 is 1.11 bits per heavy atom. The van der Waals surface area contributed by atoms with Crippen LogP contribution in [0.3, 0.4) is 0 Å². The lowest BCUT2D eigenvalue weighted by Gasteiger charge is -2.09. The molecule has 0 saturated carbocycles. The molecule has 0 atom stereocenters. The molecule has 0 N–H and O–H groups in total. The van der Waals surface area contributed by atoms with E-state index in [1.165, 1.54) is 0 Å². The molecule has 0 aliphatic carbocycles. The molecule has 0 spiro atoms. The van der Waals surface area contributed by atoms with Crippen molar-refractivity contribution in [1.82, 2.24) is 0 Å². The van der Waals surface area contributed by atoms with Crippen LogP contribution in [0, 0.1) is 0 Å². The SMILES string of the molecule is [B]c1cccc(C(=C)c2ccc(OCCF)cc2)c1. The minimum Gasteiger partial charge on any atom is -0.491 e. The summed E-state index contributed by atoms with van der Waals surface area (Å²) in [6.07, 6.45) is 0. The van der Waals surface area contributed by atoms with Gasteiger partial charge in [0.2, 0.25) is 0 Å². The van der Waals surface area contributed by atoms with E-state index in [1.54, 1.807) is 0 Å². The van der Waals surface area contributed by atoms with Gasteiger partial charge in [-0.1, -0.05) is 48.4 Å². The summed E-state index contributed by atoms with van der Waals surface area (Å²) in [5.41, 5.74) is 3.57. The Morgan fingerprint density at radius 3 is 2.47 bits per heavy atom. The van der Waals surface area contributed by atoms with Gasteiger partial charge in [0.1, 0.15) is 26.9 Å². The molecule has 0 aliphatic heterocycles. The van der Waals surface area contributed by atoms with Crippen LogP contribution in [-0.2, 0) is 0 Å². The van der Waals surface area contributed by atoms with Crippen LogP contribution in [0.4, 0.5) is 4.39 Å². The fourth-order valence-corrected chi connectivity index (χ4v) is 1.80. The minimum absolute atomic E-state index is 0.0789. The smallest absolute Gasteiger partial charge is 0.123 e. The lowest BCUT2D eigenvalue weighted by molar-refractivity contribution is 0.273. The van der Waals surface area contributed by atoms with Gasteiger partial charge in [-0.05, 0) is 28.8 Å². The van der Waals surface area contributed by atoms with Gasteiger partial charge in [-0.3, -0.25) is 0 Å². The highest BCUT2D eigenvalue weighted by molar-refractivity contribution is 6.32. The monoisotopic (exact) mass is 252 g/mol. The maximum atomic E-state index is 12.0. The molecule has 2 aromatic rings. The second-order valence-corrected chi connectivity index (χ2v) is 4.17. The zero-order chi connectivity index (χ0) is 13.7. The van der Waals surface area contributed by atoms with E-state index in [4.69, 9.17) is 12.6 Å². The van der Waals surface area contributed by atoms with Gasteiger partial charge in [0.05, 0.1) is 0 Å². The Kier molecular flexibility index (Phi) is 4.40. The van der Waals surface area contributed by atoms with E-state index >= 15 is 0 Å². The first kappa shape index (κ1) is 13.4. The minimum atomic E-state index is -0.488. The number of ether oxygens (including phenoxy) is 1. The third-order valence-corrected chi connectivity index (χ3v) is 2.78. The molecule has 1 nitrogen and oxygen atoms in total. The first-order valence-corrected chi connectivity index (χ1v) is 6.05. The van der Waals surface area contributed by atoms with Crippen molar-refractivity contribution in [3.63, 3.8) is 0 Å². The predicted molar refractivity (Wildman–Crippen MR) is 77.9 cm³/mol. The second-order valence-electron chi connectivity index (χ2n) is 4.17. The fraction of sp³-hybridized carbons (Fsp3) is 0.125. The molecule has 0 heterocycles. The Hall–Kier alpha value is -2.03. The molecule has 0 amide bonds. The average molecular weight is 252 g/mol. The Bertz CT molecular complexity index is 563. The van der Waals surface area contributed by atoms with Crippen molar-refractivity contribution in [2.45, 2.75) is 0 Å². The van der Waals surface area contributed by atoms with Crippen molar-refractivity contribution in [3.05, 3.63) is 66.2 Å². The average Bonchev–Trinajstić information content (AvgIpc) is 2.45. The first-order valence-electron chi connectivity index (χ1n) is 6.05. The summed E-state index contributed by atoms with van der Waals surface area (Å²) in [6.45, 7) is 3.66. The van der Waals surface area contributed by atoms with E-state index < -0.39 is 6.67 Å². The molecular formula is C16H14BFO. The van der Waals surface area contributed by atoms with Gasteiger partial charge in [0, 0.05) is 0 Å². The van der Waals surface area contributed by atoms with Gasteiger partial charge in [-0.15, -0.1) is 0 Å². The molecule has 2 radical (unpaired) electrons. The molecule has 0 aromatic heterocycles. The lowest BCUT2D eigenvalue weighted by atomic mass is 9.91. The molecule has 0 fully saturated rings. The van der Waals surface area contributed by atoms with E-state index in [0.29, 0.717) is 11.2 Å². The van der Waals surface area contributed by atoms with Crippen LogP contribution in [0.2, 0.25) is 0 Å². The summed E-state index contributed by atoms with van der Waals surface area (Å²) in [5.74, 6) is 0.654. The summed E-state index contributed by atoms with van der Waals surface area (Å²) >= 11 is 0. The number of hydrogen-bond donors (Lipinski definition) is 0. The van der Waals surface area contributed by atoms with E-state index in [1.807, 2.05) is 48.5 Å². The maximum Gasteiger partial charge on any atom is 0.123 e. The maximum absolute atomic E-state index is 12.0. The highest BCUT2D eigenvalue weighted by atomic mass is 19.1. The Morgan fingerprint density at radius 2 is 1.84 bits per heavy atom. The Labute approximate surface area is 114 Å². The summed E-state index contributed by atoms with van der Waals surface area (Å²) in [6, 6.07) is 15.0. The molecular weight excluding hydrogens is 238 g/mol. The molecule has 19 heavy (non-hydrogen) atoms. The van der Waals surface area contributed by atoms with E-state index in [-0.39, 0.29) is 6.61 Å². The molecule has 3 heteroatoms. The Balaban J connectivity index is 2.15. The fourth-order valence-electron chi connectivity index (χ4n) is 1.80. The molecule has 0 saturated heterocycles. The van der Waals surface area contributed by atoms with Crippen molar-refractivity contribution in [1.29, 1.82) is 0 Å². The molecule has 94 valence electrons. The van der Waals surface area contributed by atoms with Gasteiger partial charge in [0.25, 0.3) is 0 Å². The van der Waals surface area contributed by atoms with Crippen LogP contribution in [0.1, 0.15) is 11.1 Å². The standard InChI is InChI=1S/C16H14BFO/c1-12(14-3-2-4-15(17)11-14)13-5-7-16(8-6-13)19-10-9-18/h2-8,11H,1,9-10H2. The van der Waals surface area contributed by atoms with Crippen molar-refractivity contribution >= 4 is 18.9 Å². The van der Waals surface area contributed by atoms with Crippen LogP contribution in [0.15, 0.2) is 55.1 Å². The number of halogens is 1. The van der Waals surface area contributed by atoms with Crippen LogP contribution in [-0.4, -0.2) is 21.1 Å². The lowest BCUT2D eigenvalue weighted by Crippen LogP contribution is -2.02. The van der Waals surface area contributed by atoms with Gasteiger partial charge >= 0.3 is 0 Å². The summed E-state index contributed by atoms with van der Waals surface area (Å²) in [5, 5.41) is 0. The van der Waals surface area contributed by atoms with Crippen LogP contribution >= 0.6 is 0 Å². The highest BCUT2D eigenvalue weighted by Gasteiger charge is 2.03. The third-order valence-electron chi connectivity index (χ3n) is 2.78. The van der Waals surface area contributed by atoms with Gasteiger partial charge < -0.3 is 4.74 Å². The number of alkyl halides is 1. The summed E-state index contributed by atoms with van der Waals surface area (Å²) in [7, 11) is 5.76. The van der Waals surface area contributed by atoms with Gasteiger partial charge in [0.15, 0.2) is 0 Å². The second kappa shape index (κ2) is 6.23. The summed E-state index contributed by atoms with van der Waals surface area (Å²) in [4.78, 5) is 0. The predicted octanol–water partition coefficient (Wildman–Crippen LogP) is 2.89. The van der Waals surface area contributed by atoms with Crippen LogP contribution in [0.5, 0.6) is 5.75 Å². The first-order chi connectivity index (χ1) is 9.20. The number of benzene rings is 2. The third kappa shape index (κ3) is 3.47. The molecule has 2 aromatic carbocycles. The van der Waals surface area contributed by atoms with Crippen LogP contribution < -0.4 is 10.2 Å². The molecule has 0 unspecified atom stereocenters. The number of hydrogen-bond acceptors (Lipinski definition) is 1. The van der Waals surface area contributed by atoms with E-state index in [0.717, 1.165) is 16.7 Å². The highest BCUT2D eigenvalue weighted by Crippen LogP contribution is 2.23. The van der Waals surface area contributed by atoms with Gasteiger partial charge in [-0.2, -0.15) is 0 Å². The van der Waals surface area contributed by atoms with E-state index in [2.05, 4.69) is 6.58 Å². The van der Waals surface area contributed by atoms with Crippen molar-refractivity contribution < 1.29 is 9.13 Å². The van der Waals surface area contributed by atoms with E-state index in [9.17, 15) is 4.39 Å². The van der Waals surface area contributed by atoms with Crippen molar-refractivity contribution in [2.24, 2.45) is 0 Å². The van der Waals surface area contributed by atoms with Gasteiger partial charge in [-0.25, -0.2) is 4.39 Å². The number of rotatable bonds is 5. The van der Waals surface area contributed by atoms with Crippen LogP contribution in [0.25, 0.3) is 5.57 Å². The zero-order valence-electron chi connectivity index (χ0n) is 10.6. The molecule has 0 bridgehead atoms. The normalized spacial score (nSPS) is 10.2. The molecule has 0 aliphatic rings. The largest absolute Gasteiger partial charge is 0.491 e. The quantitative estimate of drug-likeness (QED) is 0.743.